The van der Waals surface area contributed by atoms with Gasteiger partial charge in [-0.3, -0.25) is 0 Å². The summed E-state index contributed by atoms with van der Waals surface area (Å²) in [7, 11) is 0. The highest BCUT2D eigenvalue weighted by atomic mass is 17.3. The molecule has 0 aromatic rings. The average Bonchev–Trinajstić information content (AvgIpc) is 2.14. The van der Waals surface area contributed by atoms with E-state index in [2.05, 4.69) is 19.2 Å². The summed E-state index contributed by atoms with van der Waals surface area (Å²) < 4.78 is 9.08. The van der Waals surface area contributed by atoms with Crippen molar-refractivity contribution in [2.75, 3.05) is 6.61 Å². The van der Waals surface area contributed by atoms with Gasteiger partial charge in [-0.2, -0.15) is 19.4 Å². The smallest absolute Gasteiger partial charge is 0.432 e. The van der Waals surface area contributed by atoms with E-state index in [4.69, 9.17) is 0 Å². The second-order valence-electron chi connectivity index (χ2n) is 3.04. The molecular weight excluding hydrogens is 204 g/mol. The van der Waals surface area contributed by atoms with Crippen LogP contribution < -0.4 is 0 Å². The van der Waals surface area contributed by atoms with E-state index in [9.17, 15) is 9.59 Å². The number of carbonyl (C=O) groups excluding carboxylic acids is 2. The number of ether oxygens (including phenoxy) is 2. The zero-order chi connectivity index (χ0) is 11.7. The highest BCUT2D eigenvalue weighted by Crippen LogP contribution is 1.96. The summed E-state index contributed by atoms with van der Waals surface area (Å²) in [4.78, 5) is 29.5. The molecule has 0 bridgehead atoms. The van der Waals surface area contributed by atoms with E-state index in [-0.39, 0.29) is 12.7 Å². The number of unbranched alkanes of at least 4 members (excludes halogenated alkanes) is 1. The largest absolute Gasteiger partial charge is 0.550 e. The minimum Gasteiger partial charge on any atom is -0.432 e. The van der Waals surface area contributed by atoms with Gasteiger partial charge in [-0.25, -0.2) is 0 Å². The molecule has 0 spiro atoms. The number of hydrogen-bond donors (Lipinski definition) is 0. The second kappa shape index (κ2) is 7.90. The van der Waals surface area contributed by atoms with Crippen LogP contribution in [0.25, 0.3) is 0 Å². The molecule has 15 heavy (non-hydrogen) atoms. The Morgan fingerprint density at radius 1 is 1.13 bits per heavy atom. The Hall–Kier alpha value is -1.46. The first-order valence-corrected chi connectivity index (χ1v) is 4.78. The van der Waals surface area contributed by atoms with Crippen molar-refractivity contribution < 1.29 is 28.8 Å². The molecule has 0 amide bonds. The Morgan fingerprint density at radius 2 is 1.73 bits per heavy atom. The van der Waals surface area contributed by atoms with Crippen molar-refractivity contribution in [2.24, 2.45) is 0 Å². The van der Waals surface area contributed by atoms with Crippen molar-refractivity contribution in [3.63, 3.8) is 0 Å². The summed E-state index contributed by atoms with van der Waals surface area (Å²) in [5.41, 5.74) is 0. The molecule has 0 saturated carbocycles. The van der Waals surface area contributed by atoms with E-state index in [1.807, 2.05) is 6.92 Å². The Morgan fingerprint density at radius 3 is 2.27 bits per heavy atom. The second-order valence-corrected chi connectivity index (χ2v) is 3.04. The number of rotatable bonds is 4. The zero-order valence-corrected chi connectivity index (χ0v) is 9.15. The first-order chi connectivity index (χ1) is 7.06. The molecule has 0 atom stereocenters. The van der Waals surface area contributed by atoms with Crippen LogP contribution in [0.4, 0.5) is 9.59 Å². The molecule has 0 aromatic heterocycles. The Bertz CT molecular complexity index is 201. The summed E-state index contributed by atoms with van der Waals surface area (Å²) >= 11 is 0. The lowest BCUT2D eigenvalue weighted by molar-refractivity contribution is -0.220. The Labute approximate surface area is 88.4 Å². The topological polar surface area (TPSA) is 71.1 Å². The first-order valence-electron chi connectivity index (χ1n) is 4.78. The monoisotopic (exact) mass is 220 g/mol. The standard InChI is InChI=1S/C9H16O6/c1-4-5-6-12-8(10)14-15-9(11)13-7(2)3/h7H,4-6H2,1-3H3. The van der Waals surface area contributed by atoms with Gasteiger partial charge in [-0.1, -0.05) is 13.3 Å². The van der Waals surface area contributed by atoms with Crippen LogP contribution in [0.2, 0.25) is 0 Å². The van der Waals surface area contributed by atoms with E-state index in [0.29, 0.717) is 0 Å². The van der Waals surface area contributed by atoms with E-state index >= 15 is 0 Å². The molecule has 0 aromatic carbocycles. The van der Waals surface area contributed by atoms with Gasteiger partial charge in [0.15, 0.2) is 0 Å². The van der Waals surface area contributed by atoms with Gasteiger partial charge in [0.1, 0.15) is 0 Å². The van der Waals surface area contributed by atoms with Gasteiger partial charge in [-0.15, -0.1) is 0 Å². The first kappa shape index (κ1) is 13.5. The fourth-order valence-electron chi connectivity index (χ4n) is 0.604. The lowest BCUT2D eigenvalue weighted by atomic mass is 10.4. The lowest BCUT2D eigenvalue weighted by Crippen LogP contribution is -2.17. The third-order valence-corrected chi connectivity index (χ3v) is 1.23. The molecule has 0 radical (unpaired) electrons. The van der Waals surface area contributed by atoms with E-state index < -0.39 is 12.3 Å². The van der Waals surface area contributed by atoms with Crippen molar-refractivity contribution >= 4 is 12.3 Å². The minimum atomic E-state index is -1.07. The van der Waals surface area contributed by atoms with Gasteiger partial charge in [0.05, 0.1) is 12.7 Å². The maximum atomic E-state index is 10.7. The highest BCUT2D eigenvalue weighted by molar-refractivity contribution is 5.63. The molecule has 0 rings (SSSR count). The normalized spacial score (nSPS) is 9.60. The molecule has 0 aliphatic heterocycles. The molecule has 0 aliphatic rings. The molecule has 0 unspecified atom stereocenters. The summed E-state index contributed by atoms with van der Waals surface area (Å²) in [6, 6.07) is 0. The van der Waals surface area contributed by atoms with Crippen molar-refractivity contribution in [1.29, 1.82) is 0 Å². The van der Waals surface area contributed by atoms with Gasteiger partial charge in [0, 0.05) is 0 Å². The van der Waals surface area contributed by atoms with Crippen molar-refractivity contribution in [1.82, 2.24) is 0 Å². The van der Waals surface area contributed by atoms with Crippen LogP contribution in [0.15, 0.2) is 0 Å². The maximum absolute atomic E-state index is 10.7. The lowest BCUT2D eigenvalue weighted by Gasteiger charge is -2.06. The summed E-state index contributed by atoms with van der Waals surface area (Å²) in [5, 5.41) is 0. The number of carbonyl (C=O) groups is 2. The van der Waals surface area contributed by atoms with Gasteiger partial charge < -0.3 is 9.47 Å². The van der Waals surface area contributed by atoms with Crippen LogP contribution >= 0.6 is 0 Å². The van der Waals surface area contributed by atoms with E-state index in [1.54, 1.807) is 13.8 Å². The molecule has 6 heteroatoms. The Balaban J connectivity index is 3.49. The van der Waals surface area contributed by atoms with Gasteiger partial charge in [0.2, 0.25) is 0 Å². The fraction of sp³-hybridized carbons (Fsp3) is 0.778. The SMILES string of the molecule is CCCCOC(=O)OOC(=O)OC(C)C. The van der Waals surface area contributed by atoms with Crippen LogP contribution in [0.5, 0.6) is 0 Å². The maximum Gasteiger partial charge on any atom is 0.550 e. The van der Waals surface area contributed by atoms with Crippen LogP contribution in [-0.4, -0.2) is 25.0 Å². The van der Waals surface area contributed by atoms with Crippen LogP contribution in [0.1, 0.15) is 33.6 Å². The third-order valence-electron chi connectivity index (χ3n) is 1.23. The fourth-order valence-corrected chi connectivity index (χ4v) is 0.604. The molecule has 88 valence electrons. The summed E-state index contributed by atoms with van der Waals surface area (Å²) in [6.07, 6.45) is -0.839. The van der Waals surface area contributed by atoms with E-state index in [0.717, 1.165) is 12.8 Å². The van der Waals surface area contributed by atoms with Crippen molar-refractivity contribution in [3.8, 4) is 0 Å². The van der Waals surface area contributed by atoms with E-state index in [1.165, 1.54) is 0 Å². The van der Waals surface area contributed by atoms with Crippen molar-refractivity contribution in [3.05, 3.63) is 0 Å². The van der Waals surface area contributed by atoms with Crippen molar-refractivity contribution in [2.45, 2.75) is 39.7 Å². The Kier molecular flexibility index (Phi) is 7.13. The van der Waals surface area contributed by atoms with Gasteiger partial charge in [-0.05, 0) is 20.3 Å². The molecule has 6 nitrogen and oxygen atoms in total. The highest BCUT2D eigenvalue weighted by Gasteiger charge is 2.12. The van der Waals surface area contributed by atoms with Crippen LogP contribution in [-0.2, 0) is 19.2 Å². The molecule has 0 aliphatic carbocycles. The predicted molar refractivity (Wildman–Crippen MR) is 50.0 cm³/mol. The molecule has 0 fully saturated rings. The molecule has 0 heterocycles. The average molecular weight is 220 g/mol. The summed E-state index contributed by atoms with van der Waals surface area (Å²) in [5.74, 6) is 0. The number of hydrogen-bond acceptors (Lipinski definition) is 6. The minimum absolute atomic E-state index is 0.234. The molecule has 0 N–H and O–H groups in total. The molecule has 0 saturated heterocycles. The van der Waals surface area contributed by atoms with Crippen LogP contribution in [0, 0.1) is 0 Å². The predicted octanol–water partition coefficient (Wildman–Crippen LogP) is 2.42. The van der Waals surface area contributed by atoms with Crippen LogP contribution in [0.3, 0.4) is 0 Å². The van der Waals surface area contributed by atoms with Gasteiger partial charge >= 0.3 is 12.3 Å². The third kappa shape index (κ3) is 8.86. The quantitative estimate of drug-likeness (QED) is 0.313. The zero-order valence-electron chi connectivity index (χ0n) is 9.15. The van der Waals surface area contributed by atoms with Gasteiger partial charge in [0.25, 0.3) is 0 Å². The summed E-state index contributed by atoms with van der Waals surface area (Å²) in [6.45, 7) is 5.46. The molecular formula is C9H16O6.